The van der Waals surface area contributed by atoms with Gasteiger partial charge in [-0.15, -0.1) is 22.7 Å². The Balaban J connectivity index is 0.875. The molecule has 0 saturated heterocycles. The van der Waals surface area contributed by atoms with Crippen molar-refractivity contribution in [1.82, 2.24) is 0 Å². The number of rotatable bonds is 7. The van der Waals surface area contributed by atoms with E-state index in [0.29, 0.717) is 0 Å². The molecule has 0 aliphatic heterocycles. The highest BCUT2D eigenvalue weighted by molar-refractivity contribution is 7.26. The number of para-hydroxylation sites is 1. The van der Waals surface area contributed by atoms with E-state index in [-0.39, 0.29) is 0 Å². The number of anilines is 3. The molecule has 300 valence electrons. The Hall–Kier alpha value is -7.76. The summed E-state index contributed by atoms with van der Waals surface area (Å²) in [6.07, 6.45) is 0. The molecule has 0 saturated carbocycles. The largest absolute Gasteiger partial charge is 0.456 e. The van der Waals surface area contributed by atoms with Crippen molar-refractivity contribution in [3.05, 3.63) is 224 Å². The maximum absolute atomic E-state index is 6.26. The molecule has 13 rings (SSSR count). The monoisotopic (exact) mass is 851 g/mol. The van der Waals surface area contributed by atoms with E-state index in [1.54, 1.807) is 0 Å². The summed E-state index contributed by atoms with van der Waals surface area (Å²) in [5.41, 5.74) is 14.7. The van der Waals surface area contributed by atoms with Gasteiger partial charge >= 0.3 is 0 Å². The van der Waals surface area contributed by atoms with Crippen LogP contribution in [0.3, 0.4) is 0 Å². The topological polar surface area (TPSA) is 16.4 Å². The third kappa shape index (κ3) is 6.06. The lowest BCUT2D eigenvalue weighted by atomic mass is 9.96. The van der Waals surface area contributed by atoms with E-state index in [9.17, 15) is 0 Å². The first-order valence-corrected chi connectivity index (χ1v) is 23.3. The van der Waals surface area contributed by atoms with E-state index in [1.807, 2.05) is 34.8 Å². The Labute approximate surface area is 378 Å². The van der Waals surface area contributed by atoms with Gasteiger partial charge in [-0.2, -0.15) is 0 Å². The Morgan fingerprint density at radius 1 is 0.266 bits per heavy atom. The van der Waals surface area contributed by atoms with Crippen molar-refractivity contribution in [2.75, 3.05) is 4.90 Å². The normalized spacial score (nSPS) is 11.8. The molecule has 0 amide bonds. The van der Waals surface area contributed by atoms with Crippen molar-refractivity contribution in [3.8, 4) is 44.5 Å². The lowest BCUT2D eigenvalue weighted by Crippen LogP contribution is -2.09. The van der Waals surface area contributed by atoms with Gasteiger partial charge in [-0.1, -0.05) is 152 Å². The van der Waals surface area contributed by atoms with Gasteiger partial charge in [0.1, 0.15) is 11.2 Å². The second kappa shape index (κ2) is 15.0. The fraction of sp³-hybridized carbons (Fsp3) is 0. The van der Waals surface area contributed by atoms with Crippen molar-refractivity contribution in [2.45, 2.75) is 0 Å². The number of benzene rings is 10. The molecule has 0 spiro atoms. The lowest BCUT2D eigenvalue weighted by molar-refractivity contribution is 0.669. The molecule has 0 aliphatic carbocycles. The first-order valence-electron chi connectivity index (χ1n) is 21.6. The molecular weight excluding hydrogens is 815 g/mol. The average molecular weight is 852 g/mol. The molecule has 0 N–H and O–H groups in total. The van der Waals surface area contributed by atoms with Crippen LogP contribution in [0.1, 0.15) is 0 Å². The second-order valence-electron chi connectivity index (χ2n) is 16.4. The summed E-state index contributed by atoms with van der Waals surface area (Å²) >= 11 is 3.73. The zero-order valence-electron chi connectivity index (χ0n) is 34.5. The molecule has 0 fully saturated rings. The van der Waals surface area contributed by atoms with Crippen LogP contribution < -0.4 is 4.90 Å². The average Bonchev–Trinajstić information content (AvgIpc) is 4.06. The summed E-state index contributed by atoms with van der Waals surface area (Å²) in [6, 6.07) is 81.6. The summed E-state index contributed by atoms with van der Waals surface area (Å²) in [7, 11) is 0. The molecule has 0 atom stereocenters. The van der Waals surface area contributed by atoms with Crippen LogP contribution in [0.15, 0.2) is 229 Å². The first-order chi connectivity index (χ1) is 31.7. The van der Waals surface area contributed by atoms with Gasteiger partial charge in [0.05, 0.1) is 0 Å². The quantitative estimate of drug-likeness (QED) is 0.159. The summed E-state index contributed by atoms with van der Waals surface area (Å²) in [4.78, 5) is 2.36. The van der Waals surface area contributed by atoms with Gasteiger partial charge in [0.25, 0.3) is 0 Å². The maximum Gasteiger partial charge on any atom is 0.136 e. The van der Waals surface area contributed by atoms with Crippen LogP contribution in [0.5, 0.6) is 0 Å². The number of thiophene rings is 2. The molecule has 0 radical (unpaired) electrons. The minimum absolute atomic E-state index is 0.902. The van der Waals surface area contributed by atoms with Crippen LogP contribution in [-0.2, 0) is 0 Å². The van der Waals surface area contributed by atoms with Gasteiger partial charge in [-0.05, 0) is 117 Å². The van der Waals surface area contributed by atoms with E-state index in [1.165, 1.54) is 73.7 Å². The van der Waals surface area contributed by atoms with Crippen LogP contribution in [0.4, 0.5) is 17.1 Å². The van der Waals surface area contributed by atoms with Crippen molar-refractivity contribution in [2.24, 2.45) is 0 Å². The number of furan rings is 1. The van der Waals surface area contributed by atoms with Gasteiger partial charge in [0.2, 0.25) is 0 Å². The van der Waals surface area contributed by atoms with Crippen molar-refractivity contribution < 1.29 is 4.42 Å². The third-order valence-electron chi connectivity index (χ3n) is 12.7. The lowest BCUT2D eigenvalue weighted by Gasteiger charge is -2.26. The standard InChI is InChI=1S/C60H37NOS2/c1-4-16-52-49(10-1)58-46(13-7-17-53(58)62-52)41-28-34-44(35-29-41)61(45-36-30-42(31-37-45)48-15-9-21-57-60(48)51-12-3-6-19-55(51)64-57)43-32-26-39(27-33-43)38-22-24-40(25-23-38)47-14-8-20-56-59(47)50-11-2-5-18-54(50)63-56/h1-37H. The Bertz CT molecular complexity index is 3720. The fourth-order valence-corrected chi connectivity index (χ4v) is 12.0. The van der Waals surface area contributed by atoms with E-state index in [0.717, 1.165) is 50.1 Å². The zero-order chi connectivity index (χ0) is 42.1. The number of hydrogen-bond acceptors (Lipinski definition) is 4. The molecule has 10 aromatic carbocycles. The summed E-state index contributed by atoms with van der Waals surface area (Å²) in [5.74, 6) is 0. The predicted molar refractivity (Wildman–Crippen MR) is 276 cm³/mol. The van der Waals surface area contributed by atoms with Gasteiger partial charge in [-0.3, -0.25) is 0 Å². The highest BCUT2D eigenvalue weighted by Gasteiger charge is 2.18. The molecule has 4 heteroatoms. The highest BCUT2D eigenvalue weighted by atomic mass is 32.1. The molecule has 3 aromatic heterocycles. The van der Waals surface area contributed by atoms with E-state index in [2.05, 4.69) is 217 Å². The first kappa shape index (κ1) is 36.9. The van der Waals surface area contributed by atoms with Crippen LogP contribution in [0.25, 0.3) is 107 Å². The Morgan fingerprint density at radius 3 is 1.14 bits per heavy atom. The van der Waals surface area contributed by atoms with E-state index in [4.69, 9.17) is 4.42 Å². The zero-order valence-corrected chi connectivity index (χ0v) is 36.2. The third-order valence-corrected chi connectivity index (χ3v) is 15.0. The van der Waals surface area contributed by atoms with Gasteiger partial charge in [0.15, 0.2) is 0 Å². The van der Waals surface area contributed by atoms with E-state index >= 15 is 0 Å². The smallest absolute Gasteiger partial charge is 0.136 e. The second-order valence-corrected chi connectivity index (χ2v) is 18.6. The van der Waals surface area contributed by atoms with Gasteiger partial charge < -0.3 is 9.32 Å². The minimum atomic E-state index is 0.902. The Morgan fingerprint density at radius 2 is 0.625 bits per heavy atom. The predicted octanol–water partition coefficient (Wildman–Crippen LogP) is 18.5. The maximum atomic E-state index is 6.26. The molecule has 3 heterocycles. The van der Waals surface area contributed by atoms with Crippen LogP contribution in [0.2, 0.25) is 0 Å². The van der Waals surface area contributed by atoms with Crippen LogP contribution >= 0.6 is 22.7 Å². The van der Waals surface area contributed by atoms with Crippen molar-refractivity contribution >= 4 is 102 Å². The molecule has 64 heavy (non-hydrogen) atoms. The van der Waals surface area contributed by atoms with Crippen LogP contribution in [0, 0.1) is 0 Å². The molecule has 0 unspecified atom stereocenters. The molecule has 13 aromatic rings. The SMILES string of the molecule is c1ccc2c(c1)oc1cccc(-c3ccc(N(c4ccc(-c5ccc(-c6cccc7sc8ccccc8c67)cc5)cc4)c4ccc(-c5cccc6sc7ccccc7c56)cc4)cc3)c12. The number of nitrogens with zero attached hydrogens (tertiary/aromatic N) is 1. The highest BCUT2D eigenvalue weighted by Crippen LogP contribution is 2.44. The molecule has 0 bridgehead atoms. The fourth-order valence-electron chi connectivity index (χ4n) is 9.72. The van der Waals surface area contributed by atoms with Gasteiger partial charge in [-0.25, -0.2) is 0 Å². The van der Waals surface area contributed by atoms with E-state index < -0.39 is 0 Å². The Kier molecular flexibility index (Phi) is 8.61. The van der Waals surface area contributed by atoms with Gasteiger partial charge in [0, 0.05) is 68.2 Å². The summed E-state index contributed by atoms with van der Waals surface area (Å²) in [6.45, 7) is 0. The minimum Gasteiger partial charge on any atom is -0.456 e. The molecule has 0 aliphatic rings. The van der Waals surface area contributed by atoms with Crippen molar-refractivity contribution in [3.63, 3.8) is 0 Å². The number of fused-ring (bicyclic) bond motifs is 9. The summed E-state index contributed by atoms with van der Waals surface area (Å²) in [5, 5.41) is 7.57. The number of hydrogen-bond donors (Lipinski definition) is 0. The molecule has 2 nitrogen and oxygen atoms in total. The summed E-state index contributed by atoms with van der Waals surface area (Å²) < 4.78 is 11.5. The molecular formula is C60H37NOS2. The van der Waals surface area contributed by atoms with Crippen LogP contribution in [-0.4, -0.2) is 0 Å². The van der Waals surface area contributed by atoms with Crippen molar-refractivity contribution in [1.29, 1.82) is 0 Å².